The minimum absolute atomic E-state index is 0.0809. The maximum Gasteiger partial charge on any atom is 0.219 e. The summed E-state index contributed by atoms with van der Waals surface area (Å²) in [5.41, 5.74) is 2.43. The van der Waals surface area contributed by atoms with Gasteiger partial charge in [-0.1, -0.05) is 12.1 Å². The summed E-state index contributed by atoms with van der Waals surface area (Å²) in [7, 11) is 0. The number of hydrogen-bond donors (Lipinski definition) is 0. The normalized spacial score (nSPS) is 29.8. The Balaban J connectivity index is 1.31. The summed E-state index contributed by atoms with van der Waals surface area (Å²) in [4.78, 5) is 16.3. The smallest absolute Gasteiger partial charge is 0.219 e. The van der Waals surface area contributed by atoms with E-state index in [4.69, 9.17) is 9.47 Å². The first-order chi connectivity index (χ1) is 14.1. The van der Waals surface area contributed by atoms with Gasteiger partial charge in [0.1, 0.15) is 11.4 Å². The molecule has 0 unspecified atom stereocenters. The van der Waals surface area contributed by atoms with Crippen LogP contribution in [0.4, 0.5) is 0 Å². The lowest BCUT2D eigenvalue weighted by Gasteiger charge is -2.54. The number of benzene rings is 1. The fraction of sp³-hybridized carbons (Fsp3) is 0.708. The molecular weight excluding hydrogens is 364 g/mol. The maximum absolute atomic E-state index is 11.6. The zero-order valence-corrected chi connectivity index (χ0v) is 17.9. The zero-order chi connectivity index (χ0) is 20.0. The average molecular weight is 399 g/mol. The fourth-order valence-corrected chi connectivity index (χ4v) is 6.17. The summed E-state index contributed by atoms with van der Waals surface area (Å²) in [6, 6.07) is 7.22. The Kier molecular flexibility index (Phi) is 5.07. The molecule has 1 aromatic carbocycles. The number of carbonyl (C=O) groups is 1. The molecule has 4 aliphatic heterocycles. The summed E-state index contributed by atoms with van der Waals surface area (Å²) in [5, 5.41) is 0. The zero-order valence-electron chi connectivity index (χ0n) is 17.9. The number of nitrogens with zero attached hydrogens (tertiary/aromatic N) is 2. The van der Waals surface area contributed by atoms with Crippen LogP contribution >= 0.6 is 0 Å². The SMILES string of the molecule is CC(=O)N1CCC(N2CCC3(CC2)Oc2cc(C)ccc2[C@H]2OCCC[C@@H]23)CC1. The number of hydrogen-bond acceptors (Lipinski definition) is 4. The monoisotopic (exact) mass is 398 g/mol. The Morgan fingerprint density at radius 3 is 2.59 bits per heavy atom. The Morgan fingerprint density at radius 2 is 1.86 bits per heavy atom. The van der Waals surface area contributed by atoms with Gasteiger partial charge in [-0.3, -0.25) is 9.69 Å². The molecule has 1 amide bonds. The van der Waals surface area contributed by atoms with Crippen LogP contribution in [0.2, 0.25) is 0 Å². The lowest BCUT2D eigenvalue weighted by atomic mass is 9.69. The van der Waals surface area contributed by atoms with Gasteiger partial charge in [0.05, 0.1) is 6.10 Å². The van der Waals surface area contributed by atoms with E-state index in [1.807, 2.05) is 4.90 Å². The Labute approximate surface area is 174 Å². The van der Waals surface area contributed by atoms with Crippen molar-refractivity contribution in [1.82, 2.24) is 9.80 Å². The van der Waals surface area contributed by atoms with Crippen LogP contribution in [0, 0.1) is 12.8 Å². The van der Waals surface area contributed by atoms with Crippen molar-refractivity contribution in [3.8, 4) is 5.75 Å². The van der Waals surface area contributed by atoms with Crippen molar-refractivity contribution < 1.29 is 14.3 Å². The number of likely N-dealkylation sites (tertiary alicyclic amines) is 2. The number of aryl methyl sites for hydroxylation is 1. The molecule has 0 saturated carbocycles. The van der Waals surface area contributed by atoms with Crippen molar-refractivity contribution >= 4 is 5.91 Å². The highest BCUT2D eigenvalue weighted by molar-refractivity contribution is 5.73. The van der Waals surface area contributed by atoms with Gasteiger partial charge in [0.15, 0.2) is 0 Å². The quantitative estimate of drug-likeness (QED) is 0.723. The number of fused-ring (bicyclic) bond motifs is 4. The molecule has 3 fully saturated rings. The van der Waals surface area contributed by atoms with E-state index in [0.717, 1.165) is 70.6 Å². The number of amides is 1. The van der Waals surface area contributed by atoms with Crippen LogP contribution < -0.4 is 4.74 Å². The molecular formula is C24H34N2O3. The molecule has 0 bridgehead atoms. The standard InChI is InChI=1S/C24H34N2O3/c1-17-5-6-20-22(16-17)29-24(21-4-3-15-28-23(20)21)9-13-26(14-10-24)19-7-11-25(12-8-19)18(2)27/h5-6,16,19,21,23H,3-4,7-15H2,1-2H3/t21-,23+/m0/s1. The minimum Gasteiger partial charge on any atom is -0.486 e. The van der Waals surface area contributed by atoms with E-state index in [9.17, 15) is 4.79 Å². The van der Waals surface area contributed by atoms with Gasteiger partial charge >= 0.3 is 0 Å². The number of ether oxygens (including phenoxy) is 2. The van der Waals surface area contributed by atoms with E-state index in [1.54, 1.807) is 6.92 Å². The highest BCUT2D eigenvalue weighted by Gasteiger charge is 2.52. The van der Waals surface area contributed by atoms with Crippen LogP contribution in [-0.4, -0.2) is 60.1 Å². The molecule has 158 valence electrons. The molecule has 4 heterocycles. The van der Waals surface area contributed by atoms with Gasteiger partial charge in [-0.05, 0) is 44.2 Å². The van der Waals surface area contributed by atoms with Crippen LogP contribution in [-0.2, 0) is 9.53 Å². The number of rotatable bonds is 1. The lowest BCUT2D eigenvalue weighted by Crippen LogP contribution is -2.59. The second kappa shape index (κ2) is 7.59. The molecule has 0 N–H and O–H groups in total. The molecule has 3 saturated heterocycles. The Bertz CT molecular complexity index is 763. The summed E-state index contributed by atoms with van der Waals surface area (Å²) < 4.78 is 13.2. The van der Waals surface area contributed by atoms with E-state index in [-0.39, 0.29) is 17.6 Å². The summed E-state index contributed by atoms with van der Waals surface area (Å²) in [5.74, 6) is 1.73. The molecule has 2 atom stereocenters. The van der Waals surface area contributed by atoms with E-state index in [0.29, 0.717) is 12.0 Å². The molecule has 5 nitrogen and oxygen atoms in total. The molecule has 5 heteroatoms. The van der Waals surface area contributed by atoms with Crippen LogP contribution in [0.25, 0.3) is 0 Å². The van der Waals surface area contributed by atoms with Crippen molar-refractivity contribution in [3.05, 3.63) is 29.3 Å². The van der Waals surface area contributed by atoms with E-state index < -0.39 is 0 Å². The van der Waals surface area contributed by atoms with Gasteiger partial charge in [-0.15, -0.1) is 0 Å². The molecule has 0 aliphatic carbocycles. The highest BCUT2D eigenvalue weighted by atomic mass is 16.5. The van der Waals surface area contributed by atoms with Crippen molar-refractivity contribution in [2.45, 2.75) is 70.1 Å². The van der Waals surface area contributed by atoms with E-state index >= 15 is 0 Å². The molecule has 1 spiro atoms. The van der Waals surface area contributed by atoms with Crippen LogP contribution in [0.3, 0.4) is 0 Å². The van der Waals surface area contributed by atoms with Gasteiger partial charge in [0.25, 0.3) is 0 Å². The third-order valence-electron chi connectivity index (χ3n) is 7.86. The van der Waals surface area contributed by atoms with Crippen molar-refractivity contribution in [2.75, 3.05) is 32.8 Å². The van der Waals surface area contributed by atoms with Gasteiger partial charge in [0.2, 0.25) is 5.91 Å². The average Bonchev–Trinajstić information content (AvgIpc) is 2.74. The number of piperidine rings is 2. The number of carbonyl (C=O) groups excluding carboxylic acids is 1. The van der Waals surface area contributed by atoms with Crippen molar-refractivity contribution in [3.63, 3.8) is 0 Å². The molecule has 4 aliphatic rings. The second-order valence-corrected chi connectivity index (χ2v) is 9.52. The second-order valence-electron chi connectivity index (χ2n) is 9.52. The van der Waals surface area contributed by atoms with Gasteiger partial charge in [0, 0.05) is 70.1 Å². The summed E-state index contributed by atoms with van der Waals surface area (Å²) in [6.45, 7) is 8.69. The van der Waals surface area contributed by atoms with Crippen molar-refractivity contribution in [2.24, 2.45) is 5.92 Å². The highest BCUT2D eigenvalue weighted by Crippen LogP contribution is 2.53. The predicted octanol–water partition coefficient (Wildman–Crippen LogP) is 3.70. The van der Waals surface area contributed by atoms with Crippen LogP contribution in [0.1, 0.15) is 62.7 Å². The van der Waals surface area contributed by atoms with Gasteiger partial charge < -0.3 is 14.4 Å². The first-order valence-corrected chi connectivity index (χ1v) is 11.5. The molecule has 0 aromatic heterocycles. The first-order valence-electron chi connectivity index (χ1n) is 11.5. The Morgan fingerprint density at radius 1 is 1.10 bits per heavy atom. The Hall–Kier alpha value is -1.59. The predicted molar refractivity (Wildman–Crippen MR) is 112 cm³/mol. The lowest BCUT2D eigenvalue weighted by molar-refractivity contribution is -0.152. The van der Waals surface area contributed by atoms with E-state index in [2.05, 4.69) is 30.0 Å². The van der Waals surface area contributed by atoms with Gasteiger partial charge in [-0.25, -0.2) is 0 Å². The third-order valence-corrected chi connectivity index (χ3v) is 7.86. The summed E-state index contributed by atoms with van der Waals surface area (Å²) >= 11 is 0. The van der Waals surface area contributed by atoms with Crippen LogP contribution in [0.15, 0.2) is 18.2 Å². The summed E-state index contributed by atoms with van der Waals surface area (Å²) in [6.07, 6.45) is 6.90. The van der Waals surface area contributed by atoms with Crippen molar-refractivity contribution in [1.29, 1.82) is 0 Å². The molecule has 1 aromatic rings. The molecule has 29 heavy (non-hydrogen) atoms. The minimum atomic E-state index is -0.0809. The molecule has 5 rings (SSSR count). The fourth-order valence-electron chi connectivity index (χ4n) is 6.17. The first kappa shape index (κ1) is 19.4. The third kappa shape index (κ3) is 3.46. The van der Waals surface area contributed by atoms with Gasteiger partial charge in [-0.2, -0.15) is 0 Å². The maximum atomic E-state index is 11.6. The van der Waals surface area contributed by atoms with E-state index in [1.165, 1.54) is 17.5 Å². The molecule has 0 radical (unpaired) electrons. The van der Waals surface area contributed by atoms with Crippen LogP contribution in [0.5, 0.6) is 5.75 Å². The topological polar surface area (TPSA) is 42.0 Å². The largest absolute Gasteiger partial charge is 0.486 e.